The molecule has 31 heavy (non-hydrogen) atoms. The molecule has 9 heteroatoms. The van der Waals surface area contributed by atoms with Crippen LogP contribution in [0.15, 0.2) is 49.4 Å². The van der Waals surface area contributed by atoms with Gasteiger partial charge in [0.2, 0.25) is 5.95 Å². The quantitative estimate of drug-likeness (QED) is 0.454. The Hall–Kier alpha value is -3.59. The minimum atomic E-state index is 0.316. The van der Waals surface area contributed by atoms with Crippen LogP contribution in [0.1, 0.15) is 31.2 Å². The molecule has 1 aliphatic rings. The Morgan fingerprint density at radius 3 is 2.58 bits per heavy atom. The molecule has 1 fully saturated rings. The van der Waals surface area contributed by atoms with E-state index in [4.69, 9.17) is 10.7 Å². The van der Waals surface area contributed by atoms with E-state index in [1.807, 2.05) is 42.0 Å². The van der Waals surface area contributed by atoms with Crippen LogP contribution >= 0.6 is 0 Å². The van der Waals surface area contributed by atoms with Crippen LogP contribution in [0.5, 0.6) is 0 Å². The Kier molecular flexibility index (Phi) is 5.17. The van der Waals surface area contributed by atoms with Crippen LogP contribution in [0.3, 0.4) is 0 Å². The molecule has 4 heterocycles. The van der Waals surface area contributed by atoms with Gasteiger partial charge in [0.25, 0.3) is 0 Å². The van der Waals surface area contributed by atoms with Gasteiger partial charge in [-0.05, 0) is 50.3 Å². The van der Waals surface area contributed by atoms with Gasteiger partial charge in [-0.25, -0.2) is 24.9 Å². The summed E-state index contributed by atoms with van der Waals surface area (Å²) >= 11 is 0. The first-order valence-electron chi connectivity index (χ1n) is 10.5. The second kappa shape index (κ2) is 8.27. The fourth-order valence-electron chi connectivity index (χ4n) is 3.98. The Morgan fingerprint density at radius 2 is 1.77 bits per heavy atom. The van der Waals surface area contributed by atoms with E-state index in [0.29, 0.717) is 18.0 Å². The first-order chi connectivity index (χ1) is 15.2. The van der Waals surface area contributed by atoms with Crippen LogP contribution in [0.25, 0.3) is 17.0 Å². The summed E-state index contributed by atoms with van der Waals surface area (Å²) in [4.78, 5) is 22.0. The lowest BCUT2D eigenvalue weighted by atomic mass is 9.92. The maximum atomic E-state index is 6.03. The number of imidazole rings is 1. The van der Waals surface area contributed by atoms with E-state index >= 15 is 0 Å². The van der Waals surface area contributed by atoms with Gasteiger partial charge >= 0.3 is 0 Å². The summed E-state index contributed by atoms with van der Waals surface area (Å²) in [7, 11) is 0. The molecular formula is C22H25N9. The van der Waals surface area contributed by atoms with Crippen molar-refractivity contribution in [3.63, 3.8) is 0 Å². The summed E-state index contributed by atoms with van der Waals surface area (Å²) in [5.74, 6) is 0.645. The predicted molar refractivity (Wildman–Crippen MR) is 120 cm³/mol. The lowest BCUT2D eigenvalue weighted by molar-refractivity contribution is 0.410. The van der Waals surface area contributed by atoms with Crippen molar-refractivity contribution >= 4 is 23.0 Å². The fraction of sp³-hybridized carbons (Fsp3) is 0.318. The monoisotopic (exact) mass is 415 g/mol. The molecule has 4 aromatic heterocycles. The third-order valence-electron chi connectivity index (χ3n) is 5.67. The molecule has 1 aliphatic carbocycles. The average molecular weight is 416 g/mol. The Labute approximate surface area is 180 Å². The van der Waals surface area contributed by atoms with Crippen LogP contribution in [-0.2, 0) is 0 Å². The summed E-state index contributed by atoms with van der Waals surface area (Å²) in [6, 6.07) is 4.63. The van der Waals surface area contributed by atoms with Gasteiger partial charge in [0.15, 0.2) is 0 Å². The molecule has 158 valence electrons. The van der Waals surface area contributed by atoms with Gasteiger partial charge in [-0.1, -0.05) is 0 Å². The number of aromatic nitrogens is 6. The molecule has 0 spiro atoms. The molecule has 4 aromatic rings. The Morgan fingerprint density at radius 1 is 0.968 bits per heavy atom. The zero-order valence-corrected chi connectivity index (χ0v) is 17.4. The maximum Gasteiger partial charge on any atom is 0.223 e. The SMILES string of the molecule is Cc1cnc(NC2CCC(N)CC2)nc1-c1cnc2ccc(Nc3cncnc3)cn12. The van der Waals surface area contributed by atoms with E-state index in [9.17, 15) is 0 Å². The number of rotatable bonds is 5. The number of anilines is 3. The third kappa shape index (κ3) is 4.17. The molecule has 0 aromatic carbocycles. The molecule has 0 saturated heterocycles. The molecule has 0 atom stereocenters. The Bertz CT molecular complexity index is 1180. The second-order valence-corrected chi connectivity index (χ2v) is 8.02. The first-order valence-corrected chi connectivity index (χ1v) is 10.5. The van der Waals surface area contributed by atoms with Gasteiger partial charge in [0.1, 0.15) is 12.0 Å². The van der Waals surface area contributed by atoms with E-state index in [0.717, 1.165) is 59.7 Å². The molecule has 0 amide bonds. The zero-order valence-electron chi connectivity index (χ0n) is 17.4. The topological polar surface area (TPSA) is 119 Å². The molecule has 9 nitrogen and oxygen atoms in total. The highest BCUT2D eigenvalue weighted by atomic mass is 15.1. The highest BCUT2D eigenvalue weighted by Gasteiger charge is 2.20. The number of pyridine rings is 1. The van der Waals surface area contributed by atoms with Crippen molar-refractivity contribution in [2.45, 2.75) is 44.7 Å². The summed E-state index contributed by atoms with van der Waals surface area (Å²) in [5.41, 5.74) is 11.4. The van der Waals surface area contributed by atoms with Gasteiger partial charge in [-0.15, -0.1) is 0 Å². The minimum absolute atomic E-state index is 0.316. The number of nitrogens with two attached hydrogens (primary N) is 1. The molecule has 5 rings (SSSR count). The molecule has 4 N–H and O–H groups in total. The van der Waals surface area contributed by atoms with E-state index in [1.54, 1.807) is 12.4 Å². The van der Waals surface area contributed by atoms with E-state index < -0.39 is 0 Å². The van der Waals surface area contributed by atoms with Crippen molar-refractivity contribution in [2.24, 2.45) is 5.73 Å². The normalized spacial score (nSPS) is 18.8. The van der Waals surface area contributed by atoms with Crippen LogP contribution in [0, 0.1) is 6.92 Å². The van der Waals surface area contributed by atoms with Crippen molar-refractivity contribution in [1.82, 2.24) is 29.3 Å². The molecule has 0 aliphatic heterocycles. The van der Waals surface area contributed by atoms with Crippen molar-refractivity contribution < 1.29 is 0 Å². The van der Waals surface area contributed by atoms with Gasteiger partial charge in [0, 0.05) is 24.5 Å². The number of hydrogen-bond acceptors (Lipinski definition) is 8. The highest BCUT2D eigenvalue weighted by Crippen LogP contribution is 2.26. The second-order valence-electron chi connectivity index (χ2n) is 8.02. The molecule has 0 unspecified atom stereocenters. The lowest BCUT2D eigenvalue weighted by Gasteiger charge is -2.26. The lowest BCUT2D eigenvalue weighted by Crippen LogP contribution is -2.33. The number of nitrogens with one attached hydrogen (secondary N) is 2. The van der Waals surface area contributed by atoms with Crippen LogP contribution in [0.2, 0.25) is 0 Å². The van der Waals surface area contributed by atoms with Crippen molar-refractivity contribution in [2.75, 3.05) is 10.6 Å². The maximum absolute atomic E-state index is 6.03. The van der Waals surface area contributed by atoms with Crippen molar-refractivity contribution in [3.05, 3.63) is 55.0 Å². The molecule has 1 saturated carbocycles. The van der Waals surface area contributed by atoms with Crippen LogP contribution in [-0.4, -0.2) is 41.4 Å². The number of hydrogen-bond donors (Lipinski definition) is 3. The van der Waals surface area contributed by atoms with E-state index in [-0.39, 0.29) is 0 Å². The smallest absolute Gasteiger partial charge is 0.223 e. The van der Waals surface area contributed by atoms with Crippen molar-refractivity contribution in [3.8, 4) is 11.4 Å². The zero-order chi connectivity index (χ0) is 21.2. The minimum Gasteiger partial charge on any atom is -0.352 e. The van der Waals surface area contributed by atoms with E-state index in [2.05, 4.69) is 30.6 Å². The third-order valence-corrected chi connectivity index (χ3v) is 5.67. The van der Waals surface area contributed by atoms with Crippen LogP contribution in [0.4, 0.5) is 17.3 Å². The van der Waals surface area contributed by atoms with Crippen LogP contribution < -0.4 is 16.4 Å². The van der Waals surface area contributed by atoms with E-state index in [1.165, 1.54) is 6.33 Å². The van der Waals surface area contributed by atoms with Gasteiger partial charge in [0.05, 0.1) is 41.4 Å². The first kappa shape index (κ1) is 19.4. The molecule has 0 radical (unpaired) electrons. The molecular weight excluding hydrogens is 390 g/mol. The number of fused-ring (bicyclic) bond motifs is 1. The summed E-state index contributed by atoms with van der Waals surface area (Å²) < 4.78 is 2.03. The number of nitrogens with zero attached hydrogens (tertiary/aromatic N) is 6. The molecule has 0 bridgehead atoms. The highest BCUT2D eigenvalue weighted by molar-refractivity contribution is 5.67. The van der Waals surface area contributed by atoms with Gasteiger partial charge in [-0.3, -0.25) is 4.40 Å². The predicted octanol–water partition coefficient (Wildman–Crippen LogP) is 3.32. The number of aryl methyl sites for hydroxylation is 1. The van der Waals surface area contributed by atoms with Crippen molar-refractivity contribution in [1.29, 1.82) is 0 Å². The summed E-state index contributed by atoms with van der Waals surface area (Å²) in [5, 5.41) is 6.81. The Balaban J connectivity index is 1.45. The summed E-state index contributed by atoms with van der Waals surface area (Å²) in [6.07, 6.45) is 14.8. The largest absolute Gasteiger partial charge is 0.352 e. The van der Waals surface area contributed by atoms with Gasteiger partial charge < -0.3 is 16.4 Å². The average Bonchev–Trinajstić information content (AvgIpc) is 3.20. The standard InChI is InChI=1S/C22H25N9/c1-14-8-27-22(29-16-4-2-15(23)3-5-16)30-21(14)19-11-26-20-7-6-17(12-31(19)20)28-18-9-24-13-25-10-18/h6-13,15-16,28H,2-5,23H2,1H3,(H,27,29,30). The summed E-state index contributed by atoms with van der Waals surface area (Å²) in [6.45, 7) is 2.02. The van der Waals surface area contributed by atoms with Gasteiger partial charge in [-0.2, -0.15) is 0 Å². The fourth-order valence-corrected chi connectivity index (χ4v) is 3.98.